The first-order valence-corrected chi connectivity index (χ1v) is 6.80. The van der Waals surface area contributed by atoms with Crippen LogP contribution >= 0.6 is 11.8 Å². The zero-order valence-corrected chi connectivity index (χ0v) is 11.0. The molecule has 6 nitrogen and oxygen atoms in total. The molecular weight excluding hydrogens is 254 g/mol. The normalized spacial score (nSPS) is 12.1. The van der Waals surface area contributed by atoms with Crippen LogP contribution in [0.15, 0.2) is 18.5 Å². The van der Waals surface area contributed by atoms with Crippen molar-refractivity contribution < 1.29 is 14.7 Å². The third kappa shape index (κ3) is 5.72. The van der Waals surface area contributed by atoms with Crippen molar-refractivity contribution in [1.29, 1.82) is 0 Å². The highest BCUT2D eigenvalue weighted by atomic mass is 32.2. The van der Waals surface area contributed by atoms with Gasteiger partial charge in [-0.25, -0.2) is 4.79 Å². The number of carbonyl (C=O) groups excluding carboxylic acids is 1. The molecule has 1 heterocycles. The van der Waals surface area contributed by atoms with Crippen LogP contribution in [-0.2, 0) is 16.1 Å². The van der Waals surface area contributed by atoms with Crippen LogP contribution in [0, 0.1) is 0 Å². The summed E-state index contributed by atoms with van der Waals surface area (Å²) in [5.74, 6) is 0.258. The van der Waals surface area contributed by atoms with Gasteiger partial charge in [-0.15, -0.1) is 0 Å². The molecule has 2 N–H and O–H groups in total. The highest BCUT2D eigenvalue weighted by Crippen LogP contribution is 2.06. The zero-order chi connectivity index (χ0) is 13.4. The van der Waals surface area contributed by atoms with Crippen molar-refractivity contribution in [2.45, 2.75) is 25.9 Å². The number of aliphatic carboxylic acids is 1. The van der Waals surface area contributed by atoms with Gasteiger partial charge in [-0.3, -0.25) is 9.48 Å². The van der Waals surface area contributed by atoms with Gasteiger partial charge in [0.25, 0.3) is 0 Å². The van der Waals surface area contributed by atoms with Crippen LogP contribution in [0.1, 0.15) is 13.3 Å². The van der Waals surface area contributed by atoms with Gasteiger partial charge in [-0.2, -0.15) is 16.9 Å². The molecule has 0 saturated heterocycles. The molecule has 1 amide bonds. The molecule has 1 unspecified atom stereocenters. The monoisotopic (exact) mass is 271 g/mol. The molecule has 1 aromatic rings. The Labute approximate surface area is 110 Å². The minimum absolute atomic E-state index is 0.316. The second-order valence-corrected chi connectivity index (χ2v) is 4.99. The van der Waals surface area contributed by atoms with Gasteiger partial charge in [0.2, 0.25) is 5.91 Å². The highest BCUT2D eigenvalue weighted by molar-refractivity contribution is 7.99. The minimum atomic E-state index is -0.988. The molecule has 7 heteroatoms. The number of hydrogen-bond donors (Lipinski definition) is 2. The number of thioether (sulfide) groups is 1. The van der Waals surface area contributed by atoms with Crippen LogP contribution in [0.4, 0.5) is 0 Å². The Balaban J connectivity index is 2.14. The van der Waals surface area contributed by atoms with E-state index < -0.39 is 12.0 Å². The Morgan fingerprint density at radius 2 is 2.28 bits per heavy atom. The van der Waals surface area contributed by atoms with Crippen molar-refractivity contribution in [3.8, 4) is 0 Å². The van der Waals surface area contributed by atoms with E-state index in [1.54, 1.807) is 18.0 Å². The molecule has 0 aliphatic carbocycles. The molecule has 1 aromatic heterocycles. The summed E-state index contributed by atoms with van der Waals surface area (Å²) in [6.07, 6.45) is 4.04. The fourth-order valence-electron chi connectivity index (χ4n) is 1.40. The SMILES string of the molecule is CC(=O)NC(CCSCCn1cccn1)C(=O)O. The van der Waals surface area contributed by atoms with Gasteiger partial charge in [-0.1, -0.05) is 0 Å². The lowest BCUT2D eigenvalue weighted by molar-refractivity contribution is -0.141. The number of hydrogen-bond acceptors (Lipinski definition) is 4. The van der Waals surface area contributed by atoms with E-state index in [0.29, 0.717) is 12.2 Å². The summed E-state index contributed by atoms with van der Waals surface area (Å²) in [4.78, 5) is 21.7. The van der Waals surface area contributed by atoms with Gasteiger partial charge >= 0.3 is 5.97 Å². The van der Waals surface area contributed by atoms with E-state index >= 15 is 0 Å². The van der Waals surface area contributed by atoms with Crippen molar-refractivity contribution >= 4 is 23.6 Å². The second-order valence-electron chi connectivity index (χ2n) is 3.76. The average Bonchev–Trinajstić information content (AvgIpc) is 2.79. The van der Waals surface area contributed by atoms with Crippen LogP contribution < -0.4 is 5.32 Å². The van der Waals surface area contributed by atoms with E-state index in [9.17, 15) is 9.59 Å². The second kappa shape index (κ2) is 7.75. The number of amides is 1. The highest BCUT2D eigenvalue weighted by Gasteiger charge is 2.17. The van der Waals surface area contributed by atoms with Crippen molar-refractivity contribution in [2.24, 2.45) is 0 Å². The molecule has 0 aliphatic rings. The topological polar surface area (TPSA) is 84.2 Å². The van der Waals surface area contributed by atoms with Gasteiger partial charge in [0, 0.05) is 31.6 Å². The Bertz CT molecular complexity index is 381. The molecule has 1 atom stereocenters. The van der Waals surface area contributed by atoms with E-state index in [4.69, 9.17) is 5.11 Å². The van der Waals surface area contributed by atoms with E-state index in [0.717, 1.165) is 12.3 Å². The van der Waals surface area contributed by atoms with Crippen LogP contribution in [0.25, 0.3) is 0 Å². The Morgan fingerprint density at radius 1 is 1.50 bits per heavy atom. The van der Waals surface area contributed by atoms with Gasteiger partial charge in [0.05, 0.1) is 0 Å². The summed E-state index contributed by atoms with van der Waals surface area (Å²) in [6.45, 7) is 2.12. The quantitative estimate of drug-likeness (QED) is 0.676. The first-order chi connectivity index (χ1) is 8.59. The minimum Gasteiger partial charge on any atom is -0.480 e. The van der Waals surface area contributed by atoms with Crippen LogP contribution in [0.2, 0.25) is 0 Å². The molecule has 0 radical (unpaired) electrons. The van der Waals surface area contributed by atoms with Crippen molar-refractivity contribution in [3.05, 3.63) is 18.5 Å². The number of nitrogens with one attached hydrogen (secondary N) is 1. The maximum Gasteiger partial charge on any atom is 0.326 e. The van der Waals surface area contributed by atoms with Crippen molar-refractivity contribution in [3.63, 3.8) is 0 Å². The van der Waals surface area contributed by atoms with Gasteiger partial charge in [0.15, 0.2) is 0 Å². The molecule has 0 aromatic carbocycles. The first-order valence-electron chi connectivity index (χ1n) is 5.64. The average molecular weight is 271 g/mol. The zero-order valence-electron chi connectivity index (χ0n) is 10.2. The Kier molecular flexibility index (Phi) is 6.27. The van der Waals surface area contributed by atoms with E-state index in [2.05, 4.69) is 10.4 Å². The lowest BCUT2D eigenvalue weighted by atomic mass is 10.2. The molecule has 0 saturated carbocycles. The summed E-state index contributed by atoms with van der Waals surface area (Å²) in [5, 5.41) is 15.4. The summed E-state index contributed by atoms with van der Waals surface area (Å²) in [5.41, 5.74) is 0. The molecule has 100 valence electrons. The Hall–Kier alpha value is -1.50. The fraction of sp³-hybridized carbons (Fsp3) is 0.545. The van der Waals surface area contributed by atoms with Crippen LogP contribution in [0.3, 0.4) is 0 Å². The smallest absolute Gasteiger partial charge is 0.326 e. The molecule has 1 rings (SSSR count). The number of carboxylic acids is 1. The number of rotatable bonds is 8. The molecular formula is C11H17N3O3S. The lowest BCUT2D eigenvalue weighted by Gasteiger charge is -2.12. The Morgan fingerprint density at radius 3 is 2.83 bits per heavy atom. The largest absolute Gasteiger partial charge is 0.480 e. The number of carboxylic acid groups (broad SMARTS) is 1. The van der Waals surface area contributed by atoms with Crippen LogP contribution in [0.5, 0.6) is 0 Å². The maximum absolute atomic E-state index is 10.8. The van der Waals surface area contributed by atoms with Crippen molar-refractivity contribution in [2.75, 3.05) is 11.5 Å². The first kappa shape index (κ1) is 14.6. The number of aryl methyl sites for hydroxylation is 1. The summed E-state index contributed by atoms with van der Waals surface area (Å²) < 4.78 is 1.83. The predicted octanol–water partition coefficient (Wildman–Crippen LogP) is 0.596. The predicted molar refractivity (Wildman–Crippen MR) is 69.4 cm³/mol. The maximum atomic E-state index is 10.8. The number of aromatic nitrogens is 2. The van der Waals surface area contributed by atoms with Crippen LogP contribution in [-0.4, -0.2) is 44.3 Å². The van der Waals surface area contributed by atoms with E-state index in [1.807, 2.05) is 16.9 Å². The number of carbonyl (C=O) groups is 2. The molecule has 0 fully saturated rings. The lowest BCUT2D eigenvalue weighted by Crippen LogP contribution is -2.39. The van der Waals surface area contributed by atoms with E-state index in [1.165, 1.54) is 6.92 Å². The van der Waals surface area contributed by atoms with E-state index in [-0.39, 0.29) is 5.91 Å². The number of nitrogens with zero attached hydrogens (tertiary/aromatic N) is 2. The molecule has 0 spiro atoms. The summed E-state index contributed by atoms with van der Waals surface area (Å²) in [6, 6.07) is 1.07. The van der Waals surface area contributed by atoms with Crippen molar-refractivity contribution in [1.82, 2.24) is 15.1 Å². The van der Waals surface area contributed by atoms with Gasteiger partial charge in [0.1, 0.15) is 6.04 Å². The molecule has 0 bridgehead atoms. The summed E-state index contributed by atoms with van der Waals surface area (Å²) in [7, 11) is 0. The standard InChI is InChI=1S/C11H17N3O3S/c1-9(15)13-10(11(16)17)3-7-18-8-6-14-5-2-4-12-14/h2,4-5,10H,3,6-8H2,1H3,(H,13,15)(H,16,17). The van der Waals surface area contributed by atoms with Gasteiger partial charge in [-0.05, 0) is 18.2 Å². The third-order valence-electron chi connectivity index (χ3n) is 2.25. The molecule has 18 heavy (non-hydrogen) atoms. The van der Waals surface area contributed by atoms with Gasteiger partial charge < -0.3 is 10.4 Å². The third-order valence-corrected chi connectivity index (χ3v) is 3.25. The molecule has 0 aliphatic heterocycles. The fourth-order valence-corrected chi connectivity index (χ4v) is 2.32. The summed E-state index contributed by atoms with van der Waals surface area (Å²) >= 11 is 1.65.